The maximum absolute atomic E-state index is 5.22. The highest BCUT2D eigenvalue weighted by atomic mass is 32.1. The SMILES string of the molecule is CCC(CC)C(NC)c1cc(OC)cs1. The zero-order chi connectivity index (χ0) is 11.3. The van der Waals surface area contributed by atoms with Gasteiger partial charge in [-0.15, -0.1) is 11.3 Å². The predicted molar refractivity (Wildman–Crippen MR) is 66.7 cm³/mol. The third-order valence-electron chi connectivity index (χ3n) is 2.97. The number of hydrogen-bond donors (Lipinski definition) is 1. The minimum atomic E-state index is 0.467. The lowest BCUT2D eigenvalue weighted by molar-refractivity contribution is 0.362. The highest BCUT2D eigenvalue weighted by molar-refractivity contribution is 7.10. The molecule has 86 valence electrons. The lowest BCUT2D eigenvalue weighted by atomic mass is 9.93. The summed E-state index contributed by atoms with van der Waals surface area (Å²) in [6.07, 6.45) is 2.42. The molecular weight excluding hydrogens is 206 g/mol. The Bertz CT molecular complexity index is 281. The first-order valence-corrected chi connectivity index (χ1v) is 6.44. The Morgan fingerprint density at radius 1 is 1.40 bits per heavy atom. The van der Waals surface area contributed by atoms with Crippen molar-refractivity contribution in [2.75, 3.05) is 14.2 Å². The Balaban J connectivity index is 2.81. The summed E-state index contributed by atoms with van der Waals surface area (Å²) in [5.41, 5.74) is 0. The summed E-state index contributed by atoms with van der Waals surface area (Å²) in [5.74, 6) is 1.68. The molecule has 0 amide bonds. The number of ether oxygens (including phenoxy) is 1. The average Bonchev–Trinajstić information content (AvgIpc) is 2.73. The highest BCUT2D eigenvalue weighted by Crippen LogP contribution is 2.33. The first-order chi connectivity index (χ1) is 7.26. The second-order valence-corrected chi connectivity index (χ2v) is 4.67. The molecule has 0 aliphatic carbocycles. The molecule has 0 spiro atoms. The summed E-state index contributed by atoms with van der Waals surface area (Å²) in [6.45, 7) is 4.51. The van der Waals surface area contributed by atoms with E-state index in [4.69, 9.17) is 4.74 Å². The van der Waals surface area contributed by atoms with Crippen LogP contribution >= 0.6 is 11.3 Å². The van der Waals surface area contributed by atoms with E-state index >= 15 is 0 Å². The van der Waals surface area contributed by atoms with Gasteiger partial charge in [0.25, 0.3) is 0 Å². The highest BCUT2D eigenvalue weighted by Gasteiger charge is 2.20. The third kappa shape index (κ3) is 2.95. The third-order valence-corrected chi connectivity index (χ3v) is 3.96. The van der Waals surface area contributed by atoms with Crippen LogP contribution in [-0.2, 0) is 0 Å². The van der Waals surface area contributed by atoms with E-state index in [1.165, 1.54) is 17.7 Å². The average molecular weight is 227 g/mol. The van der Waals surface area contributed by atoms with Gasteiger partial charge in [-0.1, -0.05) is 26.7 Å². The monoisotopic (exact) mass is 227 g/mol. The van der Waals surface area contributed by atoms with E-state index in [0.29, 0.717) is 12.0 Å². The van der Waals surface area contributed by atoms with Crippen LogP contribution in [-0.4, -0.2) is 14.2 Å². The minimum Gasteiger partial charge on any atom is -0.496 e. The maximum Gasteiger partial charge on any atom is 0.129 e. The molecule has 1 N–H and O–H groups in total. The van der Waals surface area contributed by atoms with E-state index in [2.05, 4.69) is 30.6 Å². The lowest BCUT2D eigenvalue weighted by Crippen LogP contribution is -2.23. The van der Waals surface area contributed by atoms with Gasteiger partial charge in [-0.3, -0.25) is 0 Å². The zero-order valence-corrected chi connectivity index (χ0v) is 10.9. The van der Waals surface area contributed by atoms with Crippen molar-refractivity contribution in [3.8, 4) is 5.75 Å². The molecule has 1 heterocycles. The van der Waals surface area contributed by atoms with Crippen LogP contribution in [0.25, 0.3) is 0 Å². The van der Waals surface area contributed by atoms with Gasteiger partial charge in [0, 0.05) is 16.3 Å². The van der Waals surface area contributed by atoms with E-state index in [1.54, 1.807) is 18.4 Å². The van der Waals surface area contributed by atoms with Crippen LogP contribution in [0.4, 0.5) is 0 Å². The molecule has 0 aliphatic rings. The molecule has 1 aromatic rings. The van der Waals surface area contributed by atoms with Gasteiger partial charge in [-0.05, 0) is 19.0 Å². The second kappa shape index (κ2) is 6.13. The molecule has 0 aliphatic heterocycles. The topological polar surface area (TPSA) is 21.3 Å². The quantitative estimate of drug-likeness (QED) is 0.803. The lowest BCUT2D eigenvalue weighted by Gasteiger charge is -2.23. The summed E-state index contributed by atoms with van der Waals surface area (Å²) < 4.78 is 5.22. The number of methoxy groups -OCH3 is 1. The van der Waals surface area contributed by atoms with Gasteiger partial charge >= 0.3 is 0 Å². The van der Waals surface area contributed by atoms with E-state index in [9.17, 15) is 0 Å². The number of thiophene rings is 1. The first kappa shape index (κ1) is 12.5. The summed E-state index contributed by atoms with van der Waals surface area (Å²) >= 11 is 1.78. The molecule has 3 heteroatoms. The van der Waals surface area contributed by atoms with E-state index in [-0.39, 0.29) is 0 Å². The van der Waals surface area contributed by atoms with Crippen molar-refractivity contribution < 1.29 is 4.74 Å². The van der Waals surface area contributed by atoms with Gasteiger partial charge < -0.3 is 10.1 Å². The smallest absolute Gasteiger partial charge is 0.129 e. The second-order valence-electron chi connectivity index (χ2n) is 3.73. The maximum atomic E-state index is 5.22. The largest absolute Gasteiger partial charge is 0.496 e. The fraction of sp³-hybridized carbons (Fsp3) is 0.667. The Hall–Kier alpha value is -0.540. The van der Waals surface area contributed by atoms with Crippen molar-refractivity contribution in [1.29, 1.82) is 0 Å². The van der Waals surface area contributed by atoms with Crippen LogP contribution in [0.5, 0.6) is 5.75 Å². The molecular formula is C12H21NOS. The summed E-state index contributed by atoms with van der Waals surface area (Å²) in [7, 11) is 3.76. The van der Waals surface area contributed by atoms with Crippen molar-refractivity contribution >= 4 is 11.3 Å². The van der Waals surface area contributed by atoms with Crippen LogP contribution in [0.3, 0.4) is 0 Å². The Kier molecular flexibility index (Phi) is 5.12. The van der Waals surface area contributed by atoms with Gasteiger partial charge in [-0.2, -0.15) is 0 Å². The van der Waals surface area contributed by atoms with E-state index in [0.717, 1.165) is 5.75 Å². The van der Waals surface area contributed by atoms with E-state index in [1.807, 2.05) is 7.05 Å². The van der Waals surface area contributed by atoms with Crippen molar-refractivity contribution in [2.24, 2.45) is 5.92 Å². The fourth-order valence-corrected chi connectivity index (χ4v) is 3.03. The van der Waals surface area contributed by atoms with Gasteiger partial charge in [0.1, 0.15) is 5.75 Å². The minimum absolute atomic E-state index is 0.467. The Morgan fingerprint density at radius 3 is 2.47 bits per heavy atom. The molecule has 0 saturated carbocycles. The zero-order valence-electron chi connectivity index (χ0n) is 10.0. The Labute approximate surface area is 96.7 Å². The normalized spacial score (nSPS) is 13.1. The summed E-state index contributed by atoms with van der Waals surface area (Å²) in [6, 6.07) is 2.61. The number of rotatable bonds is 6. The van der Waals surface area contributed by atoms with Crippen molar-refractivity contribution in [2.45, 2.75) is 32.7 Å². The molecule has 1 aromatic heterocycles. The molecule has 2 nitrogen and oxygen atoms in total. The summed E-state index contributed by atoms with van der Waals surface area (Å²) in [4.78, 5) is 1.38. The molecule has 0 saturated heterocycles. The van der Waals surface area contributed by atoms with Crippen molar-refractivity contribution in [3.63, 3.8) is 0 Å². The van der Waals surface area contributed by atoms with Gasteiger partial charge in [0.2, 0.25) is 0 Å². The van der Waals surface area contributed by atoms with Gasteiger partial charge in [0.05, 0.1) is 7.11 Å². The molecule has 0 bridgehead atoms. The van der Waals surface area contributed by atoms with Crippen LogP contribution in [0.15, 0.2) is 11.4 Å². The van der Waals surface area contributed by atoms with E-state index < -0.39 is 0 Å². The molecule has 1 rings (SSSR count). The molecule has 15 heavy (non-hydrogen) atoms. The predicted octanol–water partition coefficient (Wildman–Crippen LogP) is 3.45. The molecule has 1 atom stereocenters. The molecule has 0 aromatic carbocycles. The van der Waals surface area contributed by atoms with Crippen molar-refractivity contribution in [3.05, 3.63) is 16.3 Å². The van der Waals surface area contributed by atoms with Crippen LogP contribution < -0.4 is 10.1 Å². The number of nitrogens with one attached hydrogen (secondary N) is 1. The first-order valence-electron chi connectivity index (χ1n) is 5.56. The number of hydrogen-bond acceptors (Lipinski definition) is 3. The van der Waals surface area contributed by atoms with Crippen LogP contribution in [0, 0.1) is 5.92 Å². The standard InChI is InChI=1S/C12H21NOS/c1-5-9(6-2)12(13-3)11-7-10(14-4)8-15-11/h7-9,12-13H,5-6H2,1-4H3. The van der Waals surface area contributed by atoms with Crippen LogP contribution in [0.1, 0.15) is 37.6 Å². The molecule has 0 radical (unpaired) electrons. The van der Waals surface area contributed by atoms with Gasteiger partial charge in [0.15, 0.2) is 0 Å². The fourth-order valence-electron chi connectivity index (χ4n) is 1.97. The molecule has 1 unspecified atom stereocenters. The van der Waals surface area contributed by atoms with Crippen molar-refractivity contribution in [1.82, 2.24) is 5.32 Å². The summed E-state index contributed by atoms with van der Waals surface area (Å²) in [5, 5.41) is 5.48. The van der Waals surface area contributed by atoms with Crippen LogP contribution in [0.2, 0.25) is 0 Å². The van der Waals surface area contributed by atoms with Gasteiger partial charge in [-0.25, -0.2) is 0 Å². The Morgan fingerprint density at radius 2 is 2.07 bits per heavy atom. The molecule has 0 fully saturated rings.